The van der Waals surface area contributed by atoms with Crippen molar-refractivity contribution in [3.8, 4) is 11.3 Å². The van der Waals surface area contributed by atoms with Crippen LogP contribution in [0.2, 0.25) is 5.15 Å². The molecule has 22 heavy (non-hydrogen) atoms. The number of fused-ring (bicyclic) bond motifs is 2. The van der Waals surface area contributed by atoms with Crippen LogP contribution >= 0.6 is 11.6 Å². The minimum Gasteiger partial charge on any atom is -0.346 e. The van der Waals surface area contributed by atoms with E-state index in [1.54, 1.807) is 0 Å². The van der Waals surface area contributed by atoms with E-state index in [2.05, 4.69) is 40.0 Å². The molecule has 6 heteroatoms. The van der Waals surface area contributed by atoms with Crippen LogP contribution in [-0.2, 0) is 0 Å². The molecule has 0 radical (unpaired) electrons. The lowest BCUT2D eigenvalue weighted by Gasteiger charge is -2.07. The molecule has 4 heterocycles. The van der Waals surface area contributed by atoms with Gasteiger partial charge in [0.05, 0.1) is 11.9 Å². The number of H-pyrrole nitrogens is 1. The fourth-order valence-electron chi connectivity index (χ4n) is 2.64. The molecular weight excluding hydrogens is 298 g/mol. The van der Waals surface area contributed by atoms with Crippen molar-refractivity contribution in [3.05, 3.63) is 47.5 Å². The van der Waals surface area contributed by atoms with Crippen LogP contribution in [0.15, 0.2) is 36.8 Å². The van der Waals surface area contributed by atoms with Crippen LogP contribution in [-0.4, -0.2) is 24.6 Å². The standard InChI is InChI=1S/C16H14ClN5/c1-9(2)12-8-20-22-13(6-14(17)21-16(12)22)11-5-10-3-4-18-15(10)19-7-11/h3-9H,1-2H3,(H,18,19). The first-order chi connectivity index (χ1) is 10.6. The number of pyridine rings is 1. The Morgan fingerprint density at radius 1 is 1.23 bits per heavy atom. The van der Waals surface area contributed by atoms with Crippen molar-refractivity contribution >= 4 is 28.3 Å². The molecule has 0 aliphatic rings. The number of aromatic nitrogens is 5. The van der Waals surface area contributed by atoms with Gasteiger partial charge in [-0.2, -0.15) is 5.10 Å². The number of nitrogens with one attached hydrogen (secondary N) is 1. The van der Waals surface area contributed by atoms with E-state index >= 15 is 0 Å². The number of hydrogen-bond acceptors (Lipinski definition) is 3. The monoisotopic (exact) mass is 311 g/mol. The Bertz CT molecular complexity index is 983. The van der Waals surface area contributed by atoms with Crippen LogP contribution in [0, 0.1) is 0 Å². The normalized spacial score (nSPS) is 11.8. The fraction of sp³-hybridized carbons (Fsp3) is 0.188. The van der Waals surface area contributed by atoms with E-state index in [4.69, 9.17) is 11.6 Å². The molecule has 0 amide bonds. The Morgan fingerprint density at radius 2 is 2.09 bits per heavy atom. The Balaban J connectivity index is 2.01. The molecule has 0 saturated carbocycles. The van der Waals surface area contributed by atoms with Gasteiger partial charge in [-0.1, -0.05) is 25.4 Å². The Labute approximate surface area is 132 Å². The van der Waals surface area contributed by atoms with E-state index < -0.39 is 0 Å². The van der Waals surface area contributed by atoms with E-state index in [1.165, 1.54) is 0 Å². The first-order valence-electron chi connectivity index (χ1n) is 7.11. The second-order valence-electron chi connectivity index (χ2n) is 5.59. The average molecular weight is 312 g/mol. The summed E-state index contributed by atoms with van der Waals surface area (Å²) in [5, 5.41) is 5.99. The van der Waals surface area contributed by atoms with Gasteiger partial charge in [-0.05, 0) is 18.1 Å². The summed E-state index contributed by atoms with van der Waals surface area (Å²) in [5.74, 6) is 0.335. The highest BCUT2D eigenvalue weighted by Gasteiger charge is 2.15. The van der Waals surface area contributed by atoms with E-state index in [0.29, 0.717) is 11.1 Å². The highest BCUT2D eigenvalue weighted by atomic mass is 35.5. The summed E-state index contributed by atoms with van der Waals surface area (Å²) in [7, 11) is 0. The third-order valence-electron chi connectivity index (χ3n) is 3.79. The predicted octanol–water partition coefficient (Wildman–Crippen LogP) is 4.05. The van der Waals surface area contributed by atoms with Crippen molar-refractivity contribution in [2.24, 2.45) is 0 Å². The van der Waals surface area contributed by atoms with Crippen molar-refractivity contribution in [2.45, 2.75) is 19.8 Å². The molecule has 0 aliphatic heterocycles. The minimum atomic E-state index is 0.335. The molecule has 4 aromatic heterocycles. The van der Waals surface area contributed by atoms with Crippen LogP contribution in [0.3, 0.4) is 0 Å². The molecule has 4 aromatic rings. The molecular formula is C16H14ClN5. The first-order valence-corrected chi connectivity index (χ1v) is 7.49. The lowest BCUT2D eigenvalue weighted by molar-refractivity contribution is 0.872. The van der Waals surface area contributed by atoms with E-state index in [9.17, 15) is 0 Å². The van der Waals surface area contributed by atoms with Gasteiger partial charge in [-0.15, -0.1) is 0 Å². The van der Waals surface area contributed by atoms with Crippen LogP contribution in [0.25, 0.3) is 27.9 Å². The lowest BCUT2D eigenvalue weighted by atomic mass is 10.1. The maximum atomic E-state index is 6.23. The molecule has 0 aliphatic carbocycles. The summed E-state index contributed by atoms with van der Waals surface area (Å²) in [4.78, 5) is 12.0. The quantitative estimate of drug-likeness (QED) is 0.568. The molecule has 0 atom stereocenters. The first kappa shape index (κ1) is 13.3. The summed E-state index contributed by atoms with van der Waals surface area (Å²) < 4.78 is 1.83. The van der Waals surface area contributed by atoms with Crippen LogP contribution in [0.4, 0.5) is 0 Å². The molecule has 0 aromatic carbocycles. The maximum Gasteiger partial charge on any atom is 0.160 e. The molecule has 0 unspecified atom stereocenters. The van der Waals surface area contributed by atoms with Gasteiger partial charge in [0.25, 0.3) is 0 Å². The summed E-state index contributed by atoms with van der Waals surface area (Å²) in [6.07, 6.45) is 5.55. The summed E-state index contributed by atoms with van der Waals surface area (Å²) in [5.41, 5.74) is 4.59. The van der Waals surface area contributed by atoms with Crippen molar-refractivity contribution in [2.75, 3.05) is 0 Å². The van der Waals surface area contributed by atoms with Gasteiger partial charge < -0.3 is 4.98 Å². The topological polar surface area (TPSA) is 58.9 Å². The van der Waals surface area contributed by atoms with Crippen molar-refractivity contribution in [1.82, 2.24) is 24.6 Å². The number of halogens is 1. The molecule has 4 rings (SSSR count). The third-order valence-corrected chi connectivity index (χ3v) is 3.98. The fourth-order valence-corrected chi connectivity index (χ4v) is 2.83. The lowest BCUT2D eigenvalue weighted by Crippen LogP contribution is -1.98. The van der Waals surface area contributed by atoms with Gasteiger partial charge in [0.15, 0.2) is 5.65 Å². The second kappa shape index (κ2) is 4.81. The number of aromatic amines is 1. The molecule has 110 valence electrons. The summed E-state index contributed by atoms with van der Waals surface area (Å²) >= 11 is 6.23. The van der Waals surface area contributed by atoms with E-state index in [1.807, 2.05) is 35.2 Å². The van der Waals surface area contributed by atoms with Gasteiger partial charge in [-0.25, -0.2) is 14.5 Å². The van der Waals surface area contributed by atoms with Crippen LogP contribution in [0.1, 0.15) is 25.3 Å². The summed E-state index contributed by atoms with van der Waals surface area (Å²) in [6, 6.07) is 5.89. The number of hydrogen-bond donors (Lipinski definition) is 1. The van der Waals surface area contributed by atoms with Crippen LogP contribution in [0.5, 0.6) is 0 Å². The molecule has 5 nitrogen and oxygen atoms in total. The largest absolute Gasteiger partial charge is 0.346 e. The second-order valence-corrected chi connectivity index (χ2v) is 5.98. The molecule has 0 bridgehead atoms. The number of nitrogens with zero attached hydrogens (tertiary/aromatic N) is 4. The predicted molar refractivity (Wildman–Crippen MR) is 87.2 cm³/mol. The maximum absolute atomic E-state index is 6.23. The summed E-state index contributed by atoms with van der Waals surface area (Å²) in [6.45, 7) is 4.24. The third kappa shape index (κ3) is 1.97. The molecule has 0 spiro atoms. The minimum absolute atomic E-state index is 0.335. The zero-order valence-corrected chi connectivity index (χ0v) is 13.0. The Morgan fingerprint density at radius 3 is 2.91 bits per heavy atom. The van der Waals surface area contributed by atoms with Gasteiger partial charge in [0.1, 0.15) is 10.8 Å². The van der Waals surface area contributed by atoms with Gasteiger partial charge in [0, 0.05) is 35.0 Å². The van der Waals surface area contributed by atoms with Crippen LogP contribution < -0.4 is 0 Å². The zero-order valence-electron chi connectivity index (χ0n) is 12.2. The average Bonchev–Trinajstić information content (AvgIpc) is 3.11. The van der Waals surface area contributed by atoms with Crippen molar-refractivity contribution in [1.29, 1.82) is 0 Å². The highest BCUT2D eigenvalue weighted by Crippen LogP contribution is 2.28. The van der Waals surface area contributed by atoms with Gasteiger partial charge >= 0.3 is 0 Å². The molecule has 1 N–H and O–H groups in total. The number of rotatable bonds is 2. The van der Waals surface area contributed by atoms with Gasteiger partial charge in [0.2, 0.25) is 0 Å². The highest BCUT2D eigenvalue weighted by molar-refractivity contribution is 6.29. The SMILES string of the molecule is CC(C)c1cnn2c(-c3cnc4[nH]ccc4c3)cc(Cl)nc12. The van der Waals surface area contributed by atoms with Crippen molar-refractivity contribution in [3.63, 3.8) is 0 Å². The Kier molecular flexibility index (Phi) is 2.90. The zero-order chi connectivity index (χ0) is 15.3. The smallest absolute Gasteiger partial charge is 0.160 e. The van der Waals surface area contributed by atoms with Crippen molar-refractivity contribution < 1.29 is 0 Å². The molecule has 0 fully saturated rings. The van der Waals surface area contributed by atoms with E-state index in [0.717, 1.165) is 33.5 Å². The van der Waals surface area contributed by atoms with E-state index in [-0.39, 0.29) is 0 Å². The molecule has 0 saturated heterocycles. The van der Waals surface area contributed by atoms with Gasteiger partial charge in [-0.3, -0.25) is 0 Å². The Hall–Kier alpha value is -2.40.